The third-order valence-corrected chi connectivity index (χ3v) is 6.35. The highest BCUT2D eigenvalue weighted by Gasteiger charge is 2.35. The van der Waals surface area contributed by atoms with Gasteiger partial charge < -0.3 is 14.2 Å². The number of ether oxygens (including phenoxy) is 1. The van der Waals surface area contributed by atoms with Crippen LogP contribution in [0, 0.1) is 11.3 Å². The van der Waals surface area contributed by atoms with Crippen LogP contribution in [0.3, 0.4) is 0 Å². The van der Waals surface area contributed by atoms with E-state index in [1.165, 1.54) is 11.1 Å². The molecule has 2 unspecified atom stereocenters. The number of rotatable bonds is 3. The lowest BCUT2D eigenvalue weighted by Gasteiger charge is -2.33. The first-order valence-corrected chi connectivity index (χ1v) is 10.3. The topological polar surface area (TPSA) is 55.6 Å². The molecular formula is C23H30N2O3. The van der Waals surface area contributed by atoms with Gasteiger partial charge in [0.2, 0.25) is 0 Å². The third-order valence-electron chi connectivity index (χ3n) is 6.35. The van der Waals surface area contributed by atoms with Crippen molar-refractivity contribution in [1.82, 2.24) is 10.1 Å². The molecule has 2 atom stereocenters. The Morgan fingerprint density at radius 1 is 1.25 bits per heavy atom. The van der Waals surface area contributed by atoms with Crippen LogP contribution < -0.4 is 0 Å². The standard InChI is InChI=1S/C23H30N2O3/c1-23(2,3)16-9-10-19-18(13-16)21(24-28-19)22(26)25(4)14-20-17-8-6-5-7-15(17)11-12-27-20/h5-8,16,20H,9-14H2,1-4H3. The Bertz CT molecular complexity index is 865. The van der Waals surface area contributed by atoms with E-state index in [-0.39, 0.29) is 17.4 Å². The fraction of sp³-hybridized carbons (Fsp3) is 0.565. The average Bonchev–Trinajstić information content (AvgIpc) is 3.10. The molecule has 0 bridgehead atoms. The Hall–Kier alpha value is -2.14. The smallest absolute Gasteiger partial charge is 0.276 e. The molecule has 0 fully saturated rings. The second-order valence-electron chi connectivity index (χ2n) is 9.23. The van der Waals surface area contributed by atoms with Crippen molar-refractivity contribution >= 4 is 5.91 Å². The van der Waals surface area contributed by atoms with Gasteiger partial charge in [0.25, 0.3) is 5.91 Å². The Morgan fingerprint density at radius 2 is 2.04 bits per heavy atom. The van der Waals surface area contributed by atoms with Crippen molar-refractivity contribution in [3.05, 3.63) is 52.4 Å². The molecular weight excluding hydrogens is 352 g/mol. The first kappa shape index (κ1) is 19.2. The molecule has 5 nitrogen and oxygen atoms in total. The second kappa shape index (κ2) is 7.36. The zero-order chi connectivity index (χ0) is 19.9. The highest BCUT2D eigenvalue weighted by molar-refractivity contribution is 5.93. The van der Waals surface area contributed by atoms with E-state index < -0.39 is 0 Å². The van der Waals surface area contributed by atoms with Crippen LogP contribution in [0.4, 0.5) is 0 Å². The Morgan fingerprint density at radius 3 is 2.82 bits per heavy atom. The SMILES string of the molecule is CN(CC1OCCc2ccccc21)C(=O)c1noc2c1CC(C(C)(C)C)CC2. The van der Waals surface area contributed by atoms with Crippen molar-refractivity contribution in [2.24, 2.45) is 11.3 Å². The molecule has 2 aliphatic rings. The molecule has 1 aromatic carbocycles. The van der Waals surface area contributed by atoms with Crippen molar-refractivity contribution in [1.29, 1.82) is 0 Å². The quantitative estimate of drug-likeness (QED) is 0.798. The zero-order valence-electron chi connectivity index (χ0n) is 17.3. The molecule has 1 aromatic heterocycles. The number of aromatic nitrogens is 1. The summed E-state index contributed by atoms with van der Waals surface area (Å²) in [6.07, 6.45) is 3.64. The van der Waals surface area contributed by atoms with Crippen molar-refractivity contribution < 1.29 is 14.1 Å². The van der Waals surface area contributed by atoms with Gasteiger partial charge in [0, 0.05) is 19.0 Å². The highest BCUT2D eigenvalue weighted by Crippen LogP contribution is 2.38. The number of aryl methyl sites for hydroxylation is 1. The first-order chi connectivity index (χ1) is 13.3. The van der Waals surface area contributed by atoms with E-state index in [4.69, 9.17) is 9.26 Å². The molecule has 28 heavy (non-hydrogen) atoms. The molecule has 1 amide bonds. The lowest BCUT2D eigenvalue weighted by atomic mass is 9.71. The first-order valence-electron chi connectivity index (χ1n) is 10.3. The summed E-state index contributed by atoms with van der Waals surface area (Å²) < 4.78 is 11.5. The van der Waals surface area contributed by atoms with Crippen molar-refractivity contribution in [2.45, 2.75) is 52.6 Å². The Labute approximate surface area is 167 Å². The van der Waals surface area contributed by atoms with Gasteiger partial charge in [0.05, 0.1) is 13.2 Å². The third kappa shape index (κ3) is 3.60. The van der Waals surface area contributed by atoms with E-state index >= 15 is 0 Å². The molecule has 4 rings (SSSR count). The normalized spacial score (nSPS) is 21.7. The largest absolute Gasteiger partial charge is 0.371 e. The monoisotopic (exact) mass is 382 g/mol. The van der Waals surface area contributed by atoms with Gasteiger partial charge in [-0.2, -0.15) is 0 Å². The molecule has 2 aromatic rings. The summed E-state index contributed by atoms with van der Waals surface area (Å²) in [5.41, 5.74) is 4.19. The van der Waals surface area contributed by atoms with E-state index in [9.17, 15) is 4.79 Å². The molecule has 0 N–H and O–H groups in total. The molecule has 2 heterocycles. The number of nitrogens with zero attached hydrogens (tertiary/aromatic N) is 2. The Kier molecular flexibility index (Phi) is 5.04. The van der Waals surface area contributed by atoms with Gasteiger partial charge in [-0.05, 0) is 41.7 Å². The number of amides is 1. The molecule has 150 valence electrons. The van der Waals surface area contributed by atoms with Gasteiger partial charge in [-0.1, -0.05) is 50.2 Å². The summed E-state index contributed by atoms with van der Waals surface area (Å²) in [5.74, 6) is 1.34. The lowest BCUT2D eigenvalue weighted by Crippen LogP contribution is -2.35. The molecule has 5 heteroatoms. The van der Waals surface area contributed by atoms with E-state index in [1.54, 1.807) is 4.90 Å². The summed E-state index contributed by atoms with van der Waals surface area (Å²) >= 11 is 0. The number of carbonyl (C=O) groups is 1. The van der Waals surface area contributed by atoms with Gasteiger partial charge in [0.15, 0.2) is 5.69 Å². The van der Waals surface area contributed by atoms with Crippen LogP contribution in [0.15, 0.2) is 28.8 Å². The summed E-state index contributed by atoms with van der Waals surface area (Å²) in [5, 5.41) is 4.17. The van der Waals surface area contributed by atoms with Crippen molar-refractivity contribution in [2.75, 3.05) is 20.2 Å². The summed E-state index contributed by atoms with van der Waals surface area (Å²) in [4.78, 5) is 14.9. The minimum atomic E-state index is -0.0936. The fourth-order valence-electron chi connectivity index (χ4n) is 4.45. The summed E-state index contributed by atoms with van der Waals surface area (Å²) in [6, 6.07) is 8.34. The minimum Gasteiger partial charge on any atom is -0.371 e. The van der Waals surface area contributed by atoms with Crippen LogP contribution in [0.25, 0.3) is 0 Å². The molecule has 0 radical (unpaired) electrons. The van der Waals surface area contributed by atoms with Crippen LogP contribution in [-0.2, 0) is 24.0 Å². The van der Waals surface area contributed by atoms with Crippen molar-refractivity contribution in [3.8, 4) is 0 Å². The molecule has 0 spiro atoms. The number of likely N-dealkylation sites (N-methyl/N-ethyl adjacent to an activating group) is 1. The minimum absolute atomic E-state index is 0.0776. The number of benzene rings is 1. The fourth-order valence-corrected chi connectivity index (χ4v) is 4.45. The van der Waals surface area contributed by atoms with Gasteiger partial charge in [-0.15, -0.1) is 0 Å². The molecule has 0 saturated carbocycles. The maximum absolute atomic E-state index is 13.2. The average molecular weight is 383 g/mol. The number of fused-ring (bicyclic) bond motifs is 2. The molecule has 1 aliphatic heterocycles. The maximum Gasteiger partial charge on any atom is 0.276 e. The van der Waals surface area contributed by atoms with Gasteiger partial charge in [0.1, 0.15) is 11.9 Å². The van der Waals surface area contributed by atoms with E-state index in [0.717, 1.165) is 37.0 Å². The van der Waals surface area contributed by atoms with E-state index in [1.807, 2.05) is 13.1 Å². The predicted octanol–water partition coefficient (Wildman–Crippen LogP) is 4.21. The summed E-state index contributed by atoms with van der Waals surface area (Å²) in [7, 11) is 1.83. The van der Waals surface area contributed by atoms with Gasteiger partial charge >= 0.3 is 0 Å². The number of carbonyl (C=O) groups excluding carboxylic acids is 1. The van der Waals surface area contributed by atoms with Crippen molar-refractivity contribution in [3.63, 3.8) is 0 Å². The second-order valence-corrected chi connectivity index (χ2v) is 9.23. The Balaban J connectivity index is 1.51. The summed E-state index contributed by atoms with van der Waals surface area (Å²) in [6.45, 7) is 8.00. The van der Waals surface area contributed by atoms with Gasteiger partial charge in [-0.3, -0.25) is 4.79 Å². The van der Waals surface area contributed by atoms with E-state index in [0.29, 0.717) is 24.8 Å². The lowest BCUT2D eigenvalue weighted by molar-refractivity contribution is 0.0197. The van der Waals surface area contributed by atoms with Gasteiger partial charge in [-0.25, -0.2) is 0 Å². The van der Waals surface area contributed by atoms with Crippen LogP contribution >= 0.6 is 0 Å². The molecule has 1 aliphatic carbocycles. The maximum atomic E-state index is 13.2. The van der Waals surface area contributed by atoms with Crippen LogP contribution in [0.2, 0.25) is 0 Å². The van der Waals surface area contributed by atoms with E-state index in [2.05, 4.69) is 44.1 Å². The molecule has 0 saturated heterocycles. The van der Waals surface area contributed by atoms with Crippen LogP contribution in [0.5, 0.6) is 0 Å². The number of hydrogen-bond acceptors (Lipinski definition) is 4. The highest BCUT2D eigenvalue weighted by atomic mass is 16.5. The predicted molar refractivity (Wildman–Crippen MR) is 107 cm³/mol. The van der Waals surface area contributed by atoms with Crippen LogP contribution in [0.1, 0.15) is 66.2 Å². The number of hydrogen-bond donors (Lipinski definition) is 0. The van der Waals surface area contributed by atoms with Crippen LogP contribution in [-0.4, -0.2) is 36.2 Å². The zero-order valence-corrected chi connectivity index (χ0v) is 17.3.